The van der Waals surface area contributed by atoms with Gasteiger partial charge in [0.25, 0.3) is 0 Å². The molecule has 4 nitrogen and oxygen atoms in total. The van der Waals surface area contributed by atoms with Crippen molar-refractivity contribution in [2.45, 2.75) is 20.3 Å². The average Bonchev–Trinajstić information content (AvgIpc) is 2.48. The van der Waals surface area contributed by atoms with E-state index in [4.69, 9.17) is 10.00 Å². The van der Waals surface area contributed by atoms with E-state index < -0.39 is 17.6 Å². The third kappa shape index (κ3) is 4.71. The molecule has 0 spiro atoms. The van der Waals surface area contributed by atoms with Gasteiger partial charge in [0.05, 0.1) is 12.7 Å². The lowest BCUT2D eigenvalue weighted by Gasteiger charge is -2.21. The number of rotatable bonds is 7. The summed E-state index contributed by atoms with van der Waals surface area (Å²) in [6, 6.07) is 5.15. The van der Waals surface area contributed by atoms with Crippen molar-refractivity contribution in [1.82, 2.24) is 4.90 Å². The second-order valence-electron chi connectivity index (χ2n) is 4.41. The van der Waals surface area contributed by atoms with Crippen LogP contribution in [0.15, 0.2) is 18.2 Å². The summed E-state index contributed by atoms with van der Waals surface area (Å²) in [5.74, 6) is -2.81. The van der Waals surface area contributed by atoms with E-state index in [9.17, 15) is 13.6 Å². The second kappa shape index (κ2) is 8.20. The predicted molar refractivity (Wildman–Crippen MR) is 73.5 cm³/mol. The molecule has 114 valence electrons. The van der Waals surface area contributed by atoms with E-state index in [0.29, 0.717) is 13.1 Å². The maximum Gasteiger partial charge on any atom is 0.240 e. The van der Waals surface area contributed by atoms with Crippen LogP contribution in [0.1, 0.15) is 20.3 Å². The minimum absolute atomic E-state index is 0.0797. The predicted octanol–water partition coefficient (Wildman–Crippen LogP) is 2.74. The third-order valence-electron chi connectivity index (χ3n) is 3.10. The van der Waals surface area contributed by atoms with Crippen LogP contribution < -0.4 is 4.74 Å². The highest BCUT2D eigenvalue weighted by Gasteiger charge is 2.22. The average molecular weight is 296 g/mol. The Bertz CT molecular complexity index is 525. The van der Waals surface area contributed by atoms with Crippen molar-refractivity contribution in [2.75, 3.05) is 19.7 Å². The maximum absolute atomic E-state index is 13.0. The smallest absolute Gasteiger partial charge is 0.240 e. The summed E-state index contributed by atoms with van der Waals surface area (Å²) in [5, 5.41) is 9.05. The lowest BCUT2D eigenvalue weighted by Crippen LogP contribution is -2.36. The van der Waals surface area contributed by atoms with Gasteiger partial charge < -0.3 is 9.64 Å². The van der Waals surface area contributed by atoms with E-state index in [-0.39, 0.29) is 24.7 Å². The molecule has 0 saturated carbocycles. The van der Waals surface area contributed by atoms with E-state index in [0.717, 1.165) is 12.1 Å². The van der Waals surface area contributed by atoms with Crippen LogP contribution in [0.2, 0.25) is 0 Å². The number of benzene rings is 1. The van der Waals surface area contributed by atoms with Crippen LogP contribution in [-0.2, 0) is 4.79 Å². The molecule has 1 amide bonds. The number of nitriles is 1. The zero-order chi connectivity index (χ0) is 15.8. The van der Waals surface area contributed by atoms with Crippen molar-refractivity contribution >= 4 is 5.91 Å². The molecule has 0 bridgehead atoms. The highest BCUT2D eigenvalue weighted by molar-refractivity contribution is 5.81. The first-order chi connectivity index (χ1) is 10.0. The molecule has 1 aromatic carbocycles. The van der Waals surface area contributed by atoms with E-state index in [2.05, 4.69) is 0 Å². The van der Waals surface area contributed by atoms with Gasteiger partial charge in [-0.05, 0) is 26.0 Å². The zero-order valence-electron chi connectivity index (χ0n) is 12.1. The molecule has 0 heterocycles. The molecule has 0 saturated heterocycles. The van der Waals surface area contributed by atoms with E-state index in [1.165, 1.54) is 6.07 Å². The molecule has 0 fully saturated rings. The van der Waals surface area contributed by atoms with Crippen LogP contribution in [0.25, 0.3) is 0 Å². The first kappa shape index (κ1) is 16.9. The molecule has 0 radical (unpaired) electrons. The molecule has 0 aromatic heterocycles. The molecule has 0 aliphatic rings. The Kier molecular flexibility index (Phi) is 6.60. The van der Waals surface area contributed by atoms with Crippen molar-refractivity contribution in [3.05, 3.63) is 29.8 Å². The van der Waals surface area contributed by atoms with Crippen LogP contribution in [0.4, 0.5) is 8.78 Å². The van der Waals surface area contributed by atoms with Gasteiger partial charge in [0.1, 0.15) is 11.7 Å². The Morgan fingerprint density at radius 3 is 2.52 bits per heavy atom. The highest BCUT2D eigenvalue weighted by atomic mass is 19.2. The van der Waals surface area contributed by atoms with Crippen LogP contribution in [0, 0.1) is 28.9 Å². The second-order valence-corrected chi connectivity index (χ2v) is 4.41. The number of halogens is 2. The highest BCUT2D eigenvalue weighted by Crippen LogP contribution is 2.16. The van der Waals surface area contributed by atoms with E-state index >= 15 is 0 Å². The Morgan fingerprint density at radius 2 is 2.00 bits per heavy atom. The standard InChI is InChI=1S/C15H18F2N2O2/c1-3-19(4-2)15(20)11(10-18)7-8-21-12-5-6-13(16)14(17)9-12/h5-6,9,11H,3-4,7-8H2,1-2H3. The van der Waals surface area contributed by atoms with Gasteiger partial charge in [-0.1, -0.05) is 0 Å². The first-order valence-corrected chi connectivity index (χ1v) is 6.79. The number of carbonyl (C=O) groups is 1. The lowest BCUT2D eigenvalue weighted by atomic mass is 10.1. The largest absolute Gasteiger partial charge is 0.493 e. The lowest BCUT2D eigenvalue weighted by molar-refractivity contribution is -0.133. The van der Waals surface area contributed by atoms with Gasteiger partial charge in [-0.2, -0.15) is 5.26 Å². The summed E-state index contributed by atoms with van der Waals surface area (Å²) in [6.07, 6.45) is 0.199. The molecule has 1 rings (SSSR count). The number of amides is 1. The summed E-state index contributed by atoms with van der Waals surface area (Å²) in [7, 11) is 0. The fourth-order valence-electron chi connectivity index (χ4n) is 1.86. The number of hydrogen-bond donors (Lipinski definition) is 0. The van der Waals surface area contributed by atoms with Gasteiger partial charge in [-0.25, -0.2) is 8.78 Å². The molecular formula is C15H18F2N2O2. The molecule has 0 aliphatic heterocycles. The summed E-state index contributed by atoms with van der Waals surface area (Å²) in [5.41, 5.74) is 0. The van der Waals surface area contributed by atoms with E-state index in [1.807, 2.05) is 19.9 Å². The Morgan fingerprint density at radius 1 is 1.33 bits per heavy atom. The third-order valence-corrected chi connectivity index (χ3v) is 3.10. The Hall–Kier alpha value is -2.16. The molecule has 1 atom stereocenters. The van der Waals surface area contributed by atoms with Crippen molar-refractivity contribution in [2.24, 2.45) is 5.92 Å². The summed E-state index contributed by atoms with van der Waals surface area (Å²) in [6.45, 7) is 4.84. The fourth-order valence-corrected chi connectivity index (χ4v) is 1.86. The number of hydrogen-bond acceptors (Lipinski definition) is 3. The van der Waals surface area contributed by atoms with Crippen molar-refractivity contribution in [1.29, 1.82) is 5.26 Å². The van der Waals surface area contributed by atoms with Gasteiger partial charge in [-0.15, -0.1) is 0 Å². The monoisotopic (exact) mass is 296 g/mol. The summed E-state index contributed by atoms with van der Waals surface area (Å²) >= 11 is 0. The van der Waals surface area contributed by atoms with E-state index in [1.54, 1.807) is 4.90 Å². The summed E-state index contributed by atoms with van der Waals surface area (Å²) < 4.78 is 31.0. The molecule has 0 aliphatic carbocycles. The SMILES string of the molecule is CCN(CC)C(=O)C(C#N)CCOc1ccc(F)c(F)c1. The minimum atomic E-state index is -0.997. The topological polar surface area (TPSA) is 53.3 Å². The van der Waals surface area contributed by atoms with Gasteiger partial charge in [0.15, 0.2) is 11.6 Å². The molecule has 6 heteroatoms. The maximum atomic E-state index is 13.0. The van der Waals surface area contributed by atoms with Crippen LogP contribution in [0.3, 0.4) is 0 Å². The molecule has 1 aromatic rings. The first-order valence-electron chi connectivity index (χ1n) is 6.79. The fraction of sp³-hybridized carbons (Fsp3) is 0.467. The minimum Gasteiger partial charge on any atom is -0.493 e. The molecular weight excluding hydrogens is 278 g/mol. The quantitative estimate of drug-likeness (QED) is 0.777. The number of carbonyl (C=O) groups excluding carboxylic acids is 1. The van der Waals surface area contributed by atoms with Crippen LogP contribution >= 0.6 is 0 Å². The molecule has 0 N–H and O–H groups in total. The van der Waals surface area contributed by atoms with Crippen molar-refractivity contribution in [3.8, 4) is 11.8 Å². The number of ether oxygens (including phenoxy) is 1. The van der Waals surface area contributed by atoms with Gasteiger partial charge in [0.2, 0.25) is 5.91 Å². The Labute approximate surface area is 122 Å². The van der Waals surface area contributed by atoms with Gasteiger partial charge >= 0.3 is 0 Å². The van der Waals surface area contributed by atoms with Crippen molar-refractivity contribution in [3.63, 3.8) is 0 Å². The normalized spacial score (nSPS) is 11.6. The van der Waals surface area contributed by atoms with Gasteiger partial charge in [-0.3, -0.25) is 4.79 Å². The van der Waals surface area contributed by atoms with Gasteiger partial charge in [0, 0.05) is 25.6 Å². The summed E-state index contributed by atoms with van der Waals surface area (Å²) in [4.78, 5) is 13.6. The molecule has 1 unspecified atom stereocenters. The van der Waals surface area contributed by atoms with Crippen LogP contribution in [-0.4, -0.2) is 30.5 Å². The van der Waals surface area contributed by atoms with Crippen LogP contribution in [0.5, 0.6) is 5.75 Å². The Balaban J connectivity index is 2.54. The molecule has 21 heavy (non-hydrogen) atoms. The van der Waals surface area contributed by atoms with Crippen molar-refractivity contribution < 1.29 is 18.3 Å². The number of nitrogens with zero attached hydrogens (tertiary/aromatic N) is 2. The zero-order valence-corrected chi connectivity index (χ0v) is 12.1.